The summed E-state index contributed by atoms with van der Waals surface area (Å²) in [5.41, 5.74) is 0. The molecule has 1 fully saturated rings. The Kier molecular flexibility index (Phi) is 6.68. The van der Waals surface area contributed by atoms with Crippen molar-refractivity contribution in [1.29, 1.82) is 0 Å². The smallest absolute Gasteiger partial charge is 0.415 e. The number of nitrogens with one attached hydrogen (secondary N) is 1. The third kappa shape index (κ3) is 6.02. The average Bonchev–Trinajstić information content (AvgIpc) is 2.72. The topological polar surface area (TPSA) is 67.9 Å². The molecule has 1 heterocycles. The number of hydrogen-bond acceptors (Lipinski definition) is 4. The van der Waals surface area contributed by atoms with Crippen molar-refractivity contribution in [1.82, 2.24) is 10.2 Å². The maximum Gasteiger partial charge on any atom is 0.415 e. The van der Waals surface area contributed by atoms with Crippen molar-refractivity contribution in [3.05, 3.63) is 60.7 Å². The van der Waals surface area contributed by atoms with Gasteiger partial charge in [-0.05, 0) is 43.0 Å². The molecule has 0 radical (unpaired) electrons. The van der Waals surface area contributed by atoms with Gasteiger partial charge in [0.25, 0.3) is 5.91 Å². The molecule has 27 heavy (non-hydrogen) atoms. The number of ether oxygens (including phenoxy) is 2. The summed E-state index contributed by atoms with van der Waals surface area (Å²) >= 11 is 0. The van der Waals surface area contributed by atoms with E-state index in [1.807, 2.05) is 48.5 Å². The zero-order valence-corrected chi connectivity index (χ0v) is 15.2. The monoisotopic (exact) mass is 368 g/mol. The highest BCUT2D eigenvalue weighted by Crippen LogP contribution is 2.18. The molecule has 142 valence electrons. The van der Waals surface area contributed by atoms with Gasteiger partial charge >= 0.3 is 6.09 Å². The van der Waals surface area contributed by atoms with Crippen molar-refractivity contribution in [2.75, 3.05) is 26.2 Å². The minimum atomic E-state index is -0.319. The quantitative estimate of drug-likeness (QED) is 0.851. The number of rotatable bonds is 6. The summed E-state index contributed by atoms with van der Waals surface area (Å²) < 4.78 is 10.8. The molecule has 0 saturated carbocycles. The van der Waals surface area contributed by atoms with Crippen molar-refractivity contribution in [2.24, 2.45) is 5.92 Å². The first-order valence-corrected chi connectivity index (χ1v) is 9.17. The van der Waals surface area contributed by atoms with Crippen LogP contribution in [0.1, 0.15) is 12.8 Å². The lowest BCUT2D eigenvalue weighted by molar-refractivity contribution is -0.123. The Balaban J connectivity index is 1.33. The fourth-order valence-electron chi connectivity index (χ4n) is 2.95. The molecule has 0 atom stereocenters. The zero-order chi connectivity index (χ0) is 18.9. The number of para-hydroxylation sites is 2. The van der Waals surface area contributed by atoms with E-state index in [-0.39, 0.29) is 18.6 Å². The summed E-state index contributed by atoms with van der Waals surface area (Å²) in [5, 5.41) is 2.91. The van der Waals surface area contributed by atoms with Gasteiger partial charge < -0.3 is 19.7 Å². The van der Waals surface area contributed by atoms with Crippen LogP contribution in [0.4, 0.5) is 4.79 Å². The highest BCUT2D eigenvalue weighted by Gasteiger charge is 2.24. The second-order valence-corrected chi connectivity index (χ2v) is 6.52. The van der Waals surface area contributed by atoms with Crippen LogP contribution in [0.25, 0.3) is 0 Å². The average molecular weight is 368 g/mol. The summed E-state index contributed by atoms with van der Waals surface area (Å²) in [7, 11) is 0. The minimum Gasteiger partial charge on any atom is -0.484 e. The van der Waals surface area contributed by atoms with E-state index >= 15 is 0 Å². The zero-order valence-electron chi connectivity index (χ0n) is 15.2. The maximum atomic E-state index is 12.2. The molecule has 0 unspecified atom stereocenters. The van der Waals surface area contributed by atoms with Crippen LogP contribution >= 0.6 is 0 Å². The Morgan fingerprint density at radius 2 is 1.52 bits per heavy atom. The molecule has 2 aromatic carbocycles. The standard InChI is InChI=1S/C21H24N2O4/c24-20(16-26-18-7-3-1-4-8-18)22-15-17-11-13-23(14-12-17)21(25)27-19-9-5-2-6-10-19/h1-10,17H,11-16H2,(H,22,24). The fraction of sp³-hybridized carbons (Fsp3) is 0.333. The molecule has 0 spiro atoms. The number of benzene rings is 2. The van der Waals surface area contributed by atoms with Crippen LogP contribution in [0.2, 0.25) is 0 Å². The van der Waals surface area contributed by atoms with Crippen molar-refractivity contribution in [2.45, 2.75) is 12.8 Å². The van der Waals surface area contributed by atoms with Gasteiger partial charge in [-0.1, -0.05) is 36.4 Å². The highest BCUT2D eigenvalue weighted by atomic mass is 16.6. The van der Waals surface area contributed by atoms with E-state index in [0.717, 1.165) is 12.8 Å². The molecule has 6 heteroatoms. The van der Waals surface area contributed by atoms with E-state index in [4.69, 9.17) is 9.47 Å². The van der Waals surface area contributed by atoms with E-state index in [9.17, 15) is 9.59 Å². The molecule has 1 N–H and O–H groups in total. The predicted octanol–water partition coefficient (Wildman–Crippen LogP) is 3.09. The Morgan fingerprint density at radius 3 is 2.15 bits per heavy atom. The van der Waals surface area contributed by atoms with E-state index in [1.54, 1.807) is 17.0 Å². The van der Waals surface area contributed by atoms with Crippen molar-refractivity contribution in [3.63, 3.8) is 0 Å². The highest BCUT2D eigenvalue weighted by molar-refractivity contribution is 5.77. The van der Waals surface area contributed by atoms with Crippen LogP contribution < -0.4 is 14.8 Å². The summed E-state index contributed by atoms with van der Waals surface area (Å²) in [4.78, 5) is 25.8. The molecule has 0 aromatic heterocycles. The number of piperidine rings is 1. The number of carbonyl (C=O) groups is 2. The Hall–Kier alpha value is -3.02. The number of likely N-dealkylation sites (tertiary alicyclic amines) is 1. The van der Waals surface area contributed by atoms with Gasteiger partial charge in [0.15, 0.2) is 6.61 Å². The van der Waals surface area contributed by atoms with Gasteiger partial charge in [0, 0.05) is 19.6 Å². The molecule has 1 aliphatic heterocycles. The van der Waals surface area contributed by atoms with Crippen LogP contribution in [0.15, 0.2) is 60.7 Å². The van der Waals surface area contributed by atoms with Crippen molar-refractivity contribution >= 4 is 12.0 Å². The fourth-order valence-corrected chi connectivity index (χ4v) is 2.95. The Labute approximate surface area is 159 Å². The molecule has 1 saturated heterocycles. The van der Waals surface area contributed by atoms with Gasteiger partial charge in [-0.3, -0.25) is 4.79 Å². The molecule has 2 aromatic rings. The normalized spacial score (nSPS) is 14.4. The van der Waals surface area contributed by atoms with Crippen LogP contribution in [0.5, 0.6) is 11.5 Å². The third-order valence-corrected chi connectivity index (χ3v) is 4.52. The first-order valence-electron chi connectivity index (χ1n) is 9.17. The molecule has 0 bridgehead atoms. The SMILES string of the molecule is O=C(COc1ccccc1)NCC1CCN(C(=O)Oc2ccccc2)CC1. The molecule has 2 amide bonds. The van der Waals surface area contributed by atoms with Crippen molar-refractivity contribution in [3.8, 4) is 11.5 Å². The van der Waals surface area contributed by atoms with Crippen LogP contribution in [0, 0.1) is 5.92 Å². The van der Waals surface area contributed by atoms with Gasteiger partial charge in [-0.15, -0.1) is 0 Å². The number of amides is 2. The Bertz CT molecular complexity index is 728. The molecular weight excluding hydrogens is 344 g/mol. The second-order valence-electron chi connectivity index (χ2n) is 6.52. The lowest BCUT2D eigenvalue weighted by Gasteiger charge is -2.31. The molecule has 3 rings (SSSR count). The number of hydrogen-bond donors (Lipinski definition) is 1. The second kappa shape index (κ2) is 9.62. The van der Waals surface area contributed by atoms with Gasteiger partial charge in [-0.2, -0.15) is 0 Å². The van der Waals surface area contributed by atoms with E-state index in [2.05, 4.69) is 5.32 Å². The summed E-state index contributed by atoms with van der Waals surface area (Å²) in [6, 6.07) is 18.3. The van der Waals surface area contributed by atoms with Crippen LogP contribution in [0.3, 0.4) is 0 Å². The summed E-state index contributed by atoms with van der Waals surface area (Å²) in [6.45, 7) is 1.87. The van der Waals surface area contributed by atoms with Gasteiger partial charge in [0.05, 0.1) is 0 Å². The van der Waals surface area contributed by atoms with E-state index in [0.29, 0.717) is 37.1 Å². The van der Waals surface area contributed by atoms with Crippen molar-refractivity contribution < 1.29 is 19.1 Å². The van der Waals surface area contributed by atoms with Gasteiger partial charge in [0.2, 0.25) is 0 Å². The van der Waals surface area contributed by atoms with Crippen LogP contribution in [-0.4, -0.2) is 43.1 Å². The molecule has 1 aliphatic rings. The largest absolute Gasteiger partial charge is 0.484 e. The van der Waals surface area contributed by atoms with Crippen LogP contribution in [-0.2, 0) is 4.79 Å². The molecule has 6 nitrogen and oxygen atoms in total. The summed E-state index contributed by atoms with van der Waals surface area (Å²) in [5.74, 6) is 1.45. The lowest BCUT2D eigenvalue weighted by Crippen LogP contribution is -2.43. The maximum absolute atomic E-state index is 12.2. The first kappa shape index (κ1) is 18.8. The lowest BCUT2D eigenvalue weighted by atomic mass is 9.97. The number of carbonyl (C=O) groups excluding carboxylic acids is 2. The van der Waals surface area contributed by atoms with Gasteiger partial charge in [0.1, 0.15) is 11.5 Å². The Morgan fingerprint density at radius 1 is 0.926 bits per heavy atom. The predicted molar refractivity (Wildman–Crippen MR) is 102 cm³/mol. The minimum absolute atomic E-state index is 0.00621. The third-order valence-electron chi connectivity index (χ3n) is 4.52. The molecular formula is C21H24N2O4. The van der Waals surface area contributed by atoms with Gasteiger partial charge in [-0.25, -0.2) is 4.79 Å². The van der Waals surface area contributed by atoms with E-state index in [1.165, 1.54) is 0 Å². The first-order chi connectivity index (χ1) is 13.2. The summed E-state index contributed by atoms with van der Waals surface area (Å²) in [6.07, 6.45) is 1.35. The number of nitrogens with zero attached hydrogens (tertiary/aromatic N) is 1. The molecule has 0 aliphatic carbocycles. The van der Waals surface area contributed by atoms with E-state index < -0.39 is 0 Å².